The number of nitrogens with zero attached hydrogens (tertiary/aromatic N) is 1. The summed E-state index contributed by atoms with van der Waals surface area (Å²) < 4.78 is 5.37. The van der Waals surface area contributed by atoms with Crippen LogP contribution in [0.3, 0.4) is 0 Å². The van der Waals surface area contributed by atoms with Crippen molar-refractivity contribution in [1.29, 1.82) is 0 Å². The minimum Gasteiger partial charge on any atom is -0.496 e. The molecule has 2 nitrogen and oxygen atoms in total. The van der Waals surface area contributed by atoms with Crippen molar-refractivity contribution < 1.29 is 4.74 Å². The van der Waals surface area contributed by atoms with E-state index in [1.165, 1.54) is 11.3 Å². The Labute approximate surface area is 86.5 Å². The van der Waals surface area contributed by atoms with Crippen molar-refractivity contribution in [2.45, 2.75) is 19.8 Å². The van der Waals surface area contributed by atoms with E-state index in [1.54, 1.807) is 7.11 Å². The van der Waals surface area contributed by atoms with Gasteiger partial charge in [-0.3, -0.25) is 0 Å². The first-order chi connectivity index (χ1) is 6.57. The Balaban J connectivity index is 3.28. The molecule has 0 saturated heterocycles. The van der Waals surface area contributed by atoms with E-state index in [0.717, 1.165) is 5.75 Å². The summed E-state index contributed by atoms with van der Waals surface area (Å²) >= 11 is 0. The highest BCUT2D eigenvalue weighted by molar-refractivity contribution is 5.59. The number of methoxy groups -OCH3 is 1. The van der Waals surface area contributed by atoms with Gasteiger partial charge in [-0.25, -0.2) is 0 Å². The molecule has 0 aliphatic heterocycles. The Kier molecular flexibility index (Phi) is 3.39. The SMILES string of the molecule is COc1cccc(N(C)C)c1C(C)C. The Morgan fingerprint density at radius 3 is 2.29 bits per heavy atom. The van der Waals surface area contributed by atoms with Crippen LogP contribution in [-0.4, -0.2) is 21.2 Å². The highest BCUT2D eigenvalue weighted by Gasteiger charge is 2.13. The van der Waals surface area contributed by atoms with Crippen LogP contribution in [0.15, 0.2) is 18.2 Å². The second-order valence-electron chi connectivity index (χ2n) is 3.94. The molecule has 0 N–H and O–H groups in total. The third kappa shape index (κ3) is 2.00. The fraction of sp³-hybridized carbons (Fsp3) is 0.500. The van der Waals surface area contributed by atoms with Crippen molar-refractivity contribution in [1.82, 2.24) is 0 Å². The van der Waals surface area contributed by atoms with E-state index in [1.807, 2.05) is 12.1 Å². The summed E-state index contributed by atoms with van der Waals surface area (Å²) in [6.07, 6.45) is 0. The zero-order chi connectivity index (χ0) is 10.7. The van der Waals surface area contributed by atoms with Crippen LogP contribution in [0.5, 0.6) is 5.75 Å². The molecule has 1 aromatic carbocycles. The van der Waals surface area contributed by atoms with E-state index in [4.69, 9.17) is 4.74 Å². The fourth-order valence-electron chi connectivity index (χ4n) is 1.68. The maximum atomic E-state index is 5.37. The first-order valence-electron chi connectivity index (χ1n) is 4.92. The maximum Gasteiger partial charge on any atom is 0.124 e. The van der Waals surface area contributed by atoms with Gasteiger partial charge in [0.2, 0.25) is 0 Å². The summed E-state index contributed by atoms with van der Waals surface area (Å²) in [6, 6.07) is 6.17. The Hall–Kier alpha value is -1.18. The molecule has 78 valence electrons. The fourth-order valence-corrected chi connectivity index (χ4v) is 1.68. The first-order valence-corrected chi connectivity index (χ1v) is 4.92. The molecule has 0 spiro atoms. The second-order valence-corrected chi connectivity index (χ2v) is 3.94. The predicted octanol–water partition coefficient (Wildman–Crippen LogP) is 2.88. The van der Waals surface area contributed by atoms with E-state index in [2.05, 4.69) is 38.9 Å². The zero-order valence-corrected chi connectivity index (χ0v) is 9.66. The second kappa shape index (κ2) is 4.36. The molecule has 0 saturated carbocycles. The van der Waals surface area contributed by atoms with E-state index in [0.29, 0.717) is 5.92 Å². The molecule has 0 aliphatic carbocycles. The largest absolute Gasteiger partial charge is 0.496 e. The van der Waals surface area contributed by atoms with Crippen LogP contribution < -0.4 is 9.64 Å². The van der Waals surface area contributed by atoms with Crippen molar-refractivity contribution in [3.63, 3.8) is 0 Å². The summed E-state index contributed by atoms with van der Waals surface area (Å²) in [6.45, 7) is 4.37. The smallest absolute Gasteiger partial charge is 0.124 e. The number of ether oxygens (including phenoxy) is 1. The molecule has 0 radical (unpaired) electrons. The summed E-state index contributed by atoms with van der Waals surface area (Å²) in [4.78, 5) is 2.12. The lowest BCUT2D eigenvalue weighted by atomic mass is 9.99. The molecule has 1 aromatic rings. The molecule has 0 bridgehead atoms. The molecular weight excluding hydrogens is 174 g/mol. The Morgan fingerprint density at radius 1 is 1.21 bits per heavy atom. The van der Waals surface area contributed by atoms with Crippen molar-refractivity contribution in [2.75, 3.05) is 26.1 Å². The highest BCUT2D eigenvalue weighted by atomic mass is 16.5. The Bertz CT molecular complexity index is 305. The Morgan fingerprint density at radius 2 is 1.86 bits per heavy atom. The van der Waals surface area contributed by atoms with Gasteiger partial charge in [0, 0.05) is 25.3 Å². The summed E-state index contributed by atoms with van der Waals surface area (Å²) in [5, 5.41) is 0. The monoisotopic (exact) mass is 193 g/mol. The van der Waals surface area contributed by atoms with Crippen molar-refractivity contribution >= 4 is 5.69 Å². The maximum absolute atomic E-state index is 5.37. The van der Waals surface area contributed by atoms with Gasteiger partial charge in [0.1, 0.15) is 5.75 Å². The topological polar surface area (TPSA) is 12.5 Å². The van der Waals surface area contributed by atoms with Crippen molar-refractivity contribution in [2.24, 2.45) is 0 Å². The van der Waals surface area contributed by atoms with E-state index in [-0.39, 0.29) is 0 Å². The molecule has 0 unspecified atom stereocenters. The van der Waals surface area contributed by atoms with Gasteiger partial charge >= 0.3 is 0 Å². The van der Waals surface area contributed by atoms with Gasteiger partial charge in [-0.2, -0.15) is 0 Å². The number of hydrogen-bond acceptors (Lipinski definition) is 2. The molecule has 2 heteroatoms. The van der Waals surface area contributed by atoms with Crippen LogP contribution in [0.4, 0.5) is 5.69 Å². The number of rotatable bonds is 3. The van der Waals surface area contributed by atoms with Gasteiger partial charge in [-0.15, -0.1) is 0 Å². The van der Waals surface area contributed by atoms with Gasteiger partial charge in [-0.05, 0) is 18.1 Å². The van der Waals surface area contributed by atoms with Crippen LogP contribution in [0, 0.1) is 0 Å². The highest BCUT2D eigenvalue weighted by Crippen LogP contribution is 2.34. The van der Waals surface area contributed by atoms with Gasteiger partial charge in [0.05, 0.1) is 7.11 Å². The van der Waals surface area contributed by atoms with Crippen LogP contribution in [0.1, 0.15) is 25.3 Å². The third-order valence-electron chi connectivity index (χ3n) is 2.32. The van der Waals surface area contributed by atoms with Crippen LogP contribution >= 0.6 is 0 Å². The number of hydrogen-bond donors (Lipinski definition) is 0. The lowest BCUT2D eigenvalue weighted by Crippen LogP contribution is -2.12. The minimum atomic E-state index is 0.476. The molecule has 0 heterocycles. The molecule has 0 aliphatic rings. The van der Waals surface area contributed by atoms with Crippen LogP contribution in [0.2, 0.25) is 0 Å². The van der Waals surface area contributed by atoms with Crippen molar-refractivity contribution in [3.8, 4) is 5.75 Å². The average molecular weight is 193 g/mol. The van der Waals surface area contributed by atoms with Gasteiger partial charge in [0.25, 0.3) is 0 Å². The molecular formula is C12H19NO. The van der Waals surface area contributed by atoms with Gasteiger partial charge in [-0.1, -0.05) is 19.9 Å². The zero-order valence-electron chi connectivity index (χ0n) is 9.66. The lowest BCUT2D eigenvalue weighted by Gasteiger charge is -2.21. The molecule has 0 fully saturated rings. The van der Waals surface area contributed by atoms with E-state index < -0.39 is 0 Å². The average Bonchev–Trinajstić information content (AvgIpc) is 2.16. The number of benzene rings is 1. The van der Waals surface area contributed by atoms with Crippen molar-refractivity contribution in [3.05, 3.63) is 23.8 Å². The summed E-state index contributed by atoms with van der Waals surface area (Å²) in [5.41, 5.74) is 2.51. The standard InChI is InChI=1S/C12H19NO/c1-9(2)12-10(13(3)4)7-6-8-11(12)14-5/h6-9H,1-5H3. The molecule has 0 aromatic heterocycles. The molecule has 1 rings (SSSR count). The quantitative estimate of drug-likeness (QED) is 0.732. The summed E-state index contributed by atoms with van der Waals surface area (Å²) in [5.74, 6) is 1.45. The predicted molar refractivity (Wildman–Crippen MR) is 61.4 cm³/mol. The first kappa shape index (κ1) is 10.9. The number of anilines is 1. The molecule has 0 atom stereocenters. The molecule has 14 heavy (non-hydrogen) atoms. The molecule has 0 amide bonds. The normalized spacial score (nSPS) is 10.4. The van der Waals surface area contributed by atoms with E-state index >= 15 is 0 Å². The van der Waals surface area contributed by atoms with Gasteiger partial charge < -0.3 is 9.64 Å². The lowest BCUT2D eigenvalue weighted by molar-refractivity contribution is 0.407. The third-order valence-corrected chi connectivity index (χ3v) is 2.32. The summed E-state index contributed by atoms with van der Waals surface area (Å²) in [7, 11) is 5.84. The van der Waals surface area contributed by atoms with E-state index in [9.17, 15) is 0 Å². The minimum absolute atomic E-state index is 0.476. The van der Waals surface area contributed by atoms with Crippen LogP contribution in [0.25, 0.3) is 0 Å². The van der Waals surface area contributed by atoms with Gasteiger partial charge in [0.15, 0.2) is 0 Å². The van der Waals surface area contributed by atoms with Crippen LogP contribution in [-0.2, 0) is 0 Å².